The third kappa shape index (κ3) is 4.25. The molecule has 104 valence electrons. The van der Waals surface area contributed by atoms with Gasteiger partial charge in [-0.25, -0.2) is 0 Å². The van der Waals surface area contributed by atoms with Crippen LogP contribution < -0.4 is 0 Å². The highest BCUT2D eigenvalue weighted by molar-refractivity contribution is 8.00. The van der Waals surface area contributed by atoms with Crippen LogP contribution in [0.25, 0.3) is 0 Å². The number of methoxy groups -OCH3 is 1. The Morgan fingerprint density at radius 1 is 1.53 bits per heavy atom. The predicted molar refractivity (Wildman–Crippen MR) is 78.5 cm³/mol. The summed E-state index contributed by atoms with van der Waals surface area (Å²) in [7, 11) is 1.43. The Labute approximate surface area is 119 Å². The van der Waals surface area contributed by atoms with Gasteiger partial charge in [-0.2, -0.15) is 0 Å². The maximum Gasteiger partial charge on any atom is 0.309 e. The lowest BCUT2D eigenvalue weighted by atomic mass is 10.1. The number of hydrogen-bond acceptors (Lipinski definition) is 4. The summed E-state index contributed by atoms with van der Waals surface area (Å²) in [5, 5.41) is 0.674. The monoisotopic (exact) mass is 279 g/mol. The highest BCUT2D eigenvalue weighted by atomic mass is 32.2. The summed E-state index contributed by atoms with van der Waals surface area (Å²) in [6, 6.07) is 8.23. The molecule has 1 heterocycles. The molecule has 1 saturated heterocycles. The number of thioether (sulfide) groups is 1. The van der Waals surface area contributed by atoms with E-state index in [-0.39, 0.29) is 5.97 Å². The summed E-state index contributed by atoms with van der Waals surface area (Å²) in [5.74, 6) is -0.180. The first-order valence-electron chi connectivity index (χ1n) is 6.76. The lowest BCUT2D eigenvalue weighted by Crippen LogP contribution is -2.20. The van der Waals surface area contributed by atoms with Crippen LogP contribution in [-0.4, -0.2) is 42.9 Å². The van der Waals surface area contributed by atoms with Crippen LogP contribution in [0.5, 0.6) is 0 Å². The Kier molecular flexibility index (Phi) is 5.28. The smallest absolute Gasteiger partial charge is 0.309 e. The Bertz CT molecular complexity index is 436. The first-order chi connectivity index (χ1) is 9.21. The number of hydrogen-bond donors (Lipinski definition) is 0. The van der Waals surface area contributed by atoms with E-state index in [0.29, 0.717) is 11.7 Å². The molecule has 4 heteroatoms. The zero-order valence-electron chi connectivity index (χ0n) is 11.6. The van der Waals surface area contributed by atoms with Gasteiger partial charge in [0, 0.05) is 16.7 Å². The molecule has 1 aliphatic rings. The molecule has 2 rings (SSSR count). The predicted octanol–water partition coefficient (Wildman–Crippen LogP) is 2.59. The van der Waals surface area contributed by atoms with Gasteiger partial charge in [-0.05, 0) is 37.2 Å². The Hall–Kier alpha value is -1.00. The maximum absolute atomic E-state index is 11.3. The van der Waals surface area contributed by atoms with Gasteiger partial charge in [0.05, 0.1) is 13.5 Å². The van der Waals surface area contributed by atoms with Crippen molar-refractivity contribution in [2.75, 3.05) is 26.7 Å². The molecule has 0 amide bonds. The standard InChI is InChI=1S/C15H21NO2S/c1-3-16-8-7-14(11-16)19-13-6-4-5-12(9-13)10-15(17)18-2/h4-6,9,14H,3,7-8,10-11H2,1-2H3. The third-order valence-electron chi connectivity index (χ3n) is 3.45. The summed E-state index contributed by atoms with van der Waals surface area (Å²) >= 11 is 1.93. The number of benzene rings is 1. The van der Waals surface area contributed by atoms with E-state index in [2.05, 4.69) is 24.0 Å². The molecule has 1 fully saturated rings. The molecule has 0 spiro atoms. The van der Waals surface area contributed by atoms with E-state index in [1.165, 1.54) is 31.5 Å². The van der Waals surface area contributed by atoms with Gasteiger partial charge in [0.2, 0.25) is 0 Å². The van der Waals surface area contributed by atoms with Crippen LogP contribution in [0.15, 0.2) is 29.2 Å². The minimum absolute atomic E-state index is 0.180. The maximum atomic E-state index is 11.3. The van der Waals surface area contributed by atoms with Gasteiger partial charge in [0.15, 0.2) is 0 Å². The van der Waals surface area contributed by atoms with Gasteiger partial charge < -0.3 is 9.64 Å². The lowest BCUT2D eigenvalue weighted by Gasteiger charge is -2.13. The van der Waals surface area contributed by atoms with Gasteiger partial charge in [0.1, 0.15) is 0 Å². The number of carbonyl (C=O) groups is 1. The number of esters is 1. The molecule has 1 aromatic rings. The van der Waals surface area contributed by atoms with Crippen molar-refractivity contribution in [2.24, 2.45) is 0 Å². The highest BCUT2D eigenvalue weighted by Crippen LogP contribution is 2.30. The minimum Gasteiger partial charge on any atom is -0.469 e. The summed E-state index contributed by atoms with van der Waals surface area (Å²) in [6.45, 7) is 5.72. The van der Waals surface area contributed by atoms with E-state index < -0.39 is 0 Å². The SMILES string of the molecule is CCN1CCC(Sc2cccc(CC(=O)OC)c2)C1. The van der Waals surface area contributed by atoms with Crippen LogP contribution in [-0.2, 0) is 16.0 Å². The summed E-state index contributed by atoms with van der Waals surface area (Å²) in [4.78, 5) is 15.0. The van der Waals surface area contributed by atoms with E-state index in [9.17, 15) is 4.79 Å². The minimum atomic E-state index is -0.180. The van der Waals surface area contributed by atoms with E-state index in [0.717, 1.165) is 12.1 Å². The molecule has 0 radical (unpaired) electrons. The third-order valence-corrected chi connectivity index (χ3v) is 4.70. The fraction of sp³-hybridized carbons (Fsp3) is 0.533. The number of likely N-dealkylation sites (tertiary alicyclic amines) is 1. The normalized spacial score (nSPS) is 19.6. The molecule has 0 saturated carbocycles. The molecule has 0 aromatic heterocycles. The number of carbonyl (C=O) groups excluding carboxylic acids is 1. The van der Waals surface area contributed by atoms with Crippen molar-refractivity contribution in [3.05, 3.63) is 29.8 Å². The van der Waals surface area contributed by atoms with Crippen molar-refractivity contribution < 1.29 is 9.53 Å². The Morgan fingerprint density at radius 3 is 3.05 bits per heavy atom. The van der Waals surface area contributed by atoms with Crippen molar-refractivity contribution in [3.63, 3.8) is 0 Å². The summed E-state index contributed by atoms with van der Waals surface area (Å²) in [5.41, 5.74) is 1.03. The van der Waals surface area contributed by atoms with Crippen molar-refractivity contribution in [2.45, 2.75) is 29.9 Å². The van der Waals surface area contributed by atoms with Crippen LogP contribution in [0, 0.1) is 0 Å². The van der Waals surface area contributed by atoms with Crippen LogP contribution in [0.1, 0.15) is 18.9 Å². The van der Waals surface area contributed by atoms with Crippen LogP contribution in [0.3, 0.4) is 0 Å². The zero-order chi connectivity index (χ0) is 13.7. The van der Waals surface area contributed by atoms with Gasteiger partial charge >= 0.3 is 5.97 Å². The molecule has 3 nitrogen and oxygen atoms in total. The van der Waals surface area contributed by atoms with Gasteiger partial charge in [-0.15, -0.1) is 11.8 Å². The number of nitrogens with zero attached hydrogens (tertiary/aromatic N) is 1. The molecule has 1 unspecified atom stereocenters. The zero-order valence-corrected chi connectivity index (χ0v) is 12.4. The molecule has 19 heavy (non-hydrogen) atoms. The van der Waals surface area contributed by atoms with Crippen molar-refractivity contribution in [1.29, 1.82) is 0 Å². The van der Waals surface area contributed by atoms with E-state index in [1.54, 1.807) is 0 Å². The largest absolute Gasteiger partial charge is 0.469 e. The van der Waals surface area contributed by atoms with Crippen molar-refractivity contribution >= 4 is 17.7 Å². The number of ether oxygens (including phenoxy) is 1. The quantitative estimate of drug-likeness (QED) is 0.775. The molecule has 0 aliphatic carbocycles. The summed E-state index contributed by atoms with van der Waals surface area (Å²) in [6.07, 6.45) is 1.61. The molecule has 1 aliphatic heterocycles. The molecular formula is C15H21NO2S. The Balaban J connectivity index is 1.94. The van der Waals surface area contributed by atoms with E-state index >= 15 is 0 Å². The van der Waals surface area contributed by atoms with Gasteiger partial charge in [-0.3, -0.25) is 4.79 Å². The second-order valence-electron chi connectivity index (χ2n) is 4.82. The van der Waals surface area contributed by atoms with E-state index in [4.69, 9.17) is 4.74 Å². The fourth-order valence-corrected chi connectivity index (χ4v) is 3.61. The van der Waals surface area contributed by atoms with Crippen LogP contribution in [0.4, 0.5) is 0 Å². The second-order valence-corrected chi connectivity index (χ2v) is 6.20. The summed E-state index contributed by atoms with van der Waals surface area (Å²) < 4.78 is 4.70. The molecular weight excluding hydrogens is 258 g/mol. The number of rotatable bonds is 5. The Morgan fingerprint density at radius 2 is 2.37 bits per heavy atom. The molecule has 0 N–H and O–H groups in total. The topological polar surface area (TPSA) is 29.5 Å². The van der Waals surface area contributed by atoms with Crippen LogP contribution >= 0.6 is 11.8 Å². The first kappa shape index (κ1) is 14.4. The van der Waals surface area contributed by atoms with Crippen molar-refractivity contribution in [3.8, 4) is 0 Å². The fourth-order valence-electron chi connectivity index (χ4n) is 2.34. The average Bonchev–Trinajstić information content (AvgIpc) is 2.86. The molecule has 1 aromatic carbocycles. The van der Waals surface area contributed by atoms with Crippen LogP contribution in [0.2, 0.25) is 0 Å². The average molecular weight is 279 g/mol. The highest BCUT2D eigenvalue weighted by Gasteiger charge is 2.21. The van der Waals surface area contributed by atoms with Crippen molar-refractivity contribution in [1.82, 2.24) is 4.90 Å². The lowest BCUT2D eigenvalue weighted by molar-refractivity contribution is -0.139. The first-order valence-corrected chi connectivity index (χ1v) is 7.64. The molecule has 1 atom stereocenters. The van der Waals surface area contributed by atoms with Gasteiger partial charge in [-0.1, -0.05) is 19.1 Å². The second kappa shape index (κ2) is 6.96. The molecule has 0 bridgehead atoms. The van der Waals surface area contributed by atoms with Gasteiger partial charge in [0.25, 0.3) is 0 Å². The van der Waals surface area contributed by atoms with E-state index in [1.807, 2.05) is 23.9 Å².